The Hall–Kier alpha value is -3.00. The van der Waals surface area contributed by atoms with Crippen molar-refractivity contribution in [2.75, 3.05) is 19.7 Å². The van der Waals surface area contributed by atoms with Crippen LogP contribution in [0.3, 0.4) is 0 Å². The van der Waals surface area contributed by atoms with Crippen LogP contribution in [-0.2, 0) is 4.74 Å². The summed E-state index contributed by atoms with van der Waals surface area (Å²) in [7, 11) is 0. The van der Waals surface area contributed by atoms with Crippen LogP contribution in [0.5, 0.6) is 0 Å². The van der Waals surface area contributed by atoms with E-state index < -0.39 is 0 Å². The number of benzene rings is 1. The molecule has 2 aromatic heterocycles. The van der Waals surface area contributed by atoms with E-state index in [1.807, 2.05) is 37.5 Å². The number of carbonyl (C=O) groups is 1. The number of carbonyl (C=O) groups excluding carboxylic acids is 1. The maximum Gasteiger partial charge on any atom is 0.409 e. The Morgan fingerprint density at radius 2 is 1.97 bits per heavy atom. The van der Waals surface area contributed by atoms with E-state index >= 15 is 0 Å². The molecular weight excluding hydrogens is 506 g/mol. The third-order valence-electron chi connectivity index (χ3n) is 7.24. The minimum atomic E-state index is -0.227. The number of allylic oxidation sites excluding steroid dienone is 2. The Morgan fingerprint density at radius 1 is 1.20 bits per heavy atom. The summed E-state index contributed by atoms with van der Waals surface area (Å²) in [6.07, 6.45) is 7.19. The van der Waals surface area contributed by atoms with Gasteiger partial charge in [-0.15, -0.1) is 0 Å². The van der Waals surface area contributed by atoms with Crippen LogP contribution in [0.2, 0.25) is 0 Å². The summed E-state index contributed by atoms with van der Waals surface area (Å²) in [5.74, 6) is 0.938. The zero-order valence-corrected chi connectivity index (χ0v) is 21.7. The zero-order valence-electron chi connectivity index (χ0n) is 20.1. The third-order valence-corrected chi connectivity index (χ3v) is 8.12. The van der Waals surface area contributed by atoms with Crippen molar-refractivity contribution in [2.45, 2.75) is 45.4 Å². The molecule has 0 bridgehead atoms. The Morgan fingerprint density at radius 3 is 2.74 bits per heavy atom. The van der Waals surface area contributed by atoms with Crippen LogP contribution in [0.4, 0.5) is 4.79 Å². The molecule has 35 heavy (non-hydrogen) atoms. The first kappa shape index (κ1) is 23.7. The molecule has 8 heteroatoms. The fourth-order valence-corrected chi connectivity index (χ4v) is 6.01. The van der Waals surface area contributed by atoms with Crippen LogP contribution >= 0.6 is 15.9 Å². The zero-order chi connectivity index (χ0) is 24.5. The molecule has 1 atom stereocenters. The molecule has 1 amide bonds. The molecule has 0 aliphatic carbocycles. The van der Waals surface area contributed by atoms with Gasteiger partial charge in [0.2, 0.25) is 0 Å². The highest BCUT2D eigenvalue weighted by atomic mass is 79.9. The predicted molar refractivity (Wildman–Crippen MR) is 141 cm³/mol. The van der Waals surface area contributed by atoms with E-state index in [4.69, 9.17) is 10.1 Å². The predicted octanol–water partition coefficient (Wildman–Crippen LogP) is 6.34. The maximum atomic E-state index is 12.1. The van der Waals surface area contributed by atoms with Crippen LogP contribution < -0.4 is 0 Å². The smallest absolute Gasteiger partial charge is 0.409 e. The van der Waals surface area contributed by atoms with Crippen molar-refractivity contribution in [1.82, 2.24) is 19.7 Å². The molecule has 3 aromatic rings. The van der Waals surface area contributed by atoms with Crippen molar-refractivity contribution >= 4 is 38.8 Å². The Kier molecular flexibility index (Phi) is 6.73. The lowest BCUT2D eigenvalue weighted by atomic mass is 9.83. The van der Waals surface area contributed by atoms with E-state index in [0.29, 0.717) is 31.4 Å². The molecule has 7 nitrogen and oxygen atoms in total. The fourth-order valence-electron chi connectivity index (χ4n) is 5.32. The number of nitrogens with zero attached hydrogens (tertiary/aromatic N) is 4. The number of hydrogen-bond donors (Lipinski definition) is 1. The van der Waals surface area contributed by atoms with Crippen LogP contribution in [0.1, 0.15) is 51.1 Å². The van der Waals surface area contributed by atoms with Crippen molar-refractivity contribution in [3.63, 3.8) is 0 Å². The van der Waals surface area contributed by atoms with Crippen LogP contribution in [0, 0.1) is 11.3 Å². The summed E-state index contributed by atoms with van der Waals surface area (Å²) in [5.41, 5.74) is 5.35. The highest BCUT2D eigenvalue weighted by Gasteiger charge is 2.31. The van der Waals surface area contributed by atoms with Gasteiger partial charge in [0.1, 0.15) is 0 Å². The van der Waals surface area contributed by atoms with E-state index in [0.717, 1.165) is 57.9 Å². The second-order valence-corrected chi connectivity index (χ2v) is 10.2. The first-order valence-corrected chi connectivity index (χ1v) is 13.1. The molecule has 0 radical (unpaired) electrons. The number of hydrogen-bond acceptors (Lipinski definition) is 5. The number of fused-ring (bicyclic) bond motifs is 2. The quantitative estimate of drug-likeness (QED) is 0.424. The Bertz CT molecular complexity index is 1310. The summed E-state index contributed by atoms with van der Waals surface area (Å²) >= 11 is 3.77. The number of rotatable bonds is 3. The Labute approximate surface area is 213 Å². The second-order valence-electron chi connectivity index (χ2n) is 9.36. The number of amides is 1. The molecule has 5 rings (SSSR count). The van der Waals surface area contributed by atoms with E-state index in [-0.39, 0.29) is 12.0 Å². The molecule has 1 saturated heterocycles. The molecule has 1 fully saturated rings. The standard InChI is InChI=1S/C27H30BrN5O2/c1-3-35-27(34)32-12-10-18(11-13-32)21-9-8-17(2)25-22(16-31-33(25)26(29)24(21)28)20-14-19-6-4-5-7-23(19)30-15-20/h4-7,14-18,29H,3,8-13H2,1-2H3. The average Bonchev–Trinajstić information content (AvgIpc) is 3.33. The molecule has 4 heterocycles. The molecular formula is C27H30BrN5O2. The number of pyridine rings is 1. The minimum Gasteiger partial charge on any atom is -0.450 e. The summed E-state index contributed by atoms with van der Waals surface area (Å²) in [4.78, 5) is 18.5. The van der Waals surface area contributed by atoms with Crippen molar-refractivity contribution in [3.05, 3.63) is 58.5 Å². The molecule has 2 aliphatic heterocycles. The molecule has 2 aliphatic rings. The van der Waals surface area contributed by atoms with Gasteiger partial charge < -0.3 is 9.64 Å². The average molecular weight is 536 g/mol. The van der Waals surface area contributed by atoms with Crippen LogP contribution in [0.15, 0.2) is 52.8 Å². The van der Waals surface area contributed by atoms with Crippen LogP contribution in [-0.4, -0.2) is 51.3 Å². The van der Waals surface area contributed by atoms with Gasteiger partial charge in [0.25, 0.3) is 0 Å². The normalized spacial score (nSPS) is 19.5. The van der Waals surface area contributed by atoms with Crippen molar-refractivity contribution in [1.29, 1.82) is 5.41 Å². The maximum absolute atomic E-state index is 12.1. The van der Waals surface area contributed by atoms with E-state index in [1.165, 1.54) is 5.57 Å². The SMILES string of the molecule is CCOC(=O)N1CCC(C2=C(Br)C(=N)n3ncc(-c4cnc5ccccc5c4)c3C(C)CC2)CC1. The number of aromatic nitrogens is 3. The number of nitrogens with one attached hydrogen (secondary N) is 1. The number of halogens is 1. The van der Waals surface area contributed by atoms with Gasteiger partial charge in [0.15, 0.2) is 5.84 Å². The number of likely N-dealkylation sites (tertiary alicyclic amines) is 1. The van der Waals surface area contributed by atoms with Crippen LogP contribution in [0.25, 0.3) is 22.0 Å². The molecule has 182 valence electrons. The van der Waals surface area contributed by atoms with Crippen molar-refractivity contribution in [2.24, 2.45) is 5.92 Å². The summed E-state index contributed by atoms with van der Waals surface area (Å²) in [6.45, 7) is 5.82. The summed E-state index contributed by atoms with van der Waals surface area (Å²) in [6, 6.07) is 10.3. The number of para-hydroxylation sites is 1. The number of piperidine rings is 1. The number of ether oxygens (including phenoxy) is 1. The fraction of sp³-hybridized carbons (Fsp3) is 0.407. The molecule has 0 spiro atoms. The largest absolute Gasteiger partial charge is 0.450 e. The van der Waals surface area contributed by atoms with E-state index in [1.54, 1.807) is 9.58 Å². The highest BCUT2D eigenvalue weighted by Crippen LogP contribution is 2.40. The van der Waals surface area contributed by atoms with Gasteiger partial charge in [0, 0.05) is 35.8 Å². The van der Waals surface area contributed by atoms with Gasteiger partial charge in [-0.25, -0.2) is 9.48 Å². The third kappa shape index (κ3) is 4.51. The minimum absolute atomic E-state index is 0.227. The van der Waals surface area contributed by atoms with Gasteiger partial charge >= 0.3 is 6.09 Å². The lowest BCUT2D eigenvalue weighted by Crippen LogP contribution is -2.39. The van der Waals surface area contributed by atoms with E-state index in [2.05, 4.69) is 45.1 Å². The van der Waals surface area contributed by atoms with Gasteiger partial charge in [-0.3, -0.25) is 10.4 Å². The van der Waals surface area contributed by atoms with Gasteiger partial charge in [-0.05, 0) is 78.1 Å². The van der Waals surface area contributed by atoms with Crippen molar-refractivity contribution < 1.29 is 9.53 Å². The monoisotopic (exact) mass is 535 g/mol. The molecule has 0 saturated carbocycles. The lowest BCUT2D eigenvalue weighted by Gasteiger charge is -2.34. The van der Waals surface area contributed by atoms with Gasteiger partial charge in [0.05, 0.1) is 28.5 Å². The highest BCUT2D eigenvalue weighted by molar-refractivity contribution is 9.12. The lowest BCUT2D eigenvalue weighted by molar-refractivity contribution is 0.0942. The second kappa shape index (κ2) is 9.93. The molecule has 1 aromatic carbocycles. The first-order chi connectivity index (χ1) is 17.0. The summed E-state index contributed by atoms with van der Waals surface area (Å²) < 4.78 is 7.78. The van der Waals surface area contributed by atoms with E-state index in [9.17, 15) is 4.79 Å². The Balaban J connectivity index is 1.44. The first-order valence-electron chi connectivity index (χ1n) is 12.3. The topological polar surface area (TPSA) is 84.1 Å². The van der Waals surface area contributed by atoms with Crippen molar-refractivity contribution in [3.8, 4) is 11.1 Å². The molecule has 1 N–H and O–H groups in total. The van der Waals surface area contributed by atoms with Gasteiger partial charge in [-0.1, -0.05) is 25.1 Å². The van der Waals surface area contributed by atoms with Gasteiger partial charge in [-0.2, -0.15) is 5.10 Å². The summed E-state index contributed by atoms with van der Waals surface area (Å²) in [5, 5.41) is 14.8. The molecule has 1 unspecified atom stereocenters.